The summed E-state index contributed by atoms with van der Waals surface area (Å²) in [6.07, 6.45) is -3.38. The summed E-state index contributed by atoms with van der Waals surface area (Å²) in [5.74, 6) is 0. The second-order valence-corrected chi connectivity index (χ2v) is 4.76. The predicted octanol–water partition coefficient (Wildman–Crippen LogP) is 4.30. The minimum absolute atomic E-state index is 0.0343. The van der Waals surface area contributed by atoms with Gasteiger partial charge in [-0.2, -0.15) is 13.2 Å². The molecule has 2 aromatic rings. The van der Waals surface area contributed by atoms with E-state index in [9.17, 15) is 13.2 Å². The van der Waals surface area contributed by atoms with E-state index in [0.29, 0.717) is 9.92 Å². The van der Waals surface area contributed by atoms with Crippen LogP contribution in [0.15, 0.2) is 46.6 Å². The molecule has 0 aliphatic rings. The monoisotopic (exact) mass is 290 g/mol. The zero-order valence-corrected chi connectivity index (χ0v) is 10.4. The van der Waals surface area contributed by atoms with E-state index in [-0.39, 0.29) is 5.16 Å². The van der Waals surface area contributed by atoms with Gasteiger partial charge in [0, 0.05) is 16.1 Å². The van der Waals surface area contributed by atoms with Crippen molar-refractivity contribution in [3.05, 3.63) is 47.2 Å². The summed E-state index contributed by atoms with van der Waals surface area (Å²) in [5, 5.41) is 0.541. The lowest BCUT2D eigenvalue weighted by atomic mass is 10.4. The van der Waals surface area contributed by atoms with Crippen LogP contribution in [0, 0.1) is 0 Å². The van der Waals surface area contributed by atoms with E-state index in [1.807, 2.05) is 0 Å². The van der Waals surface area contributed by atoms with Gasteiger partial charge in [0.15, 0.2) is 5.16 Å². The topological polar surface area (TPSA) is 25.8 Å². The number of hydrogen-bond acceptors (Lipinski definition) is 3. The van der Waals surface area contributed by atoms with Gasteiger partial charge < -0.3 is 0 Å². The van der Waals surface area contributed by atoms with Gasteiger partial charge in [-0.1, -0.05) is 17.7 Å². The van der Waals surface area contributed by atoms with Crippen LogP contribution in [0.2, 0.25) is 5.02 Å². The van der Waals surface area contributed by atoms with E-state index < -0.39 is 11.9 Å². The first-order valence-corrected chi connectivity index (χ1v) is 5.98. The normalized spacial score (nSPS) is 11.6. The van der Waals surface area contributed by atoms with Gasteiger partial charge in [-0.15, -0.1) is 0 Å². The van der Waals surface area contributed by atoms with Crippen LogP contribution in [-0.4, -0.2) is 9.97 Å². The minimum Gasteiger partial charge on any atom is -0.231 e. The fraction of sp³-hybridized carbons (Fsp3) is 0.0909. The van der Waals surface area contributed by atoms with Crippen molar-refractivity contribution < 1.29 is 13.2 Å². The molecule has 2 nitrogen and oxygen atoms in total. The summed E-state index contributed by atoms with van der Waals surface area (Å²) in [6, 6.07) is 7.58. The molecule has 0 atom stereocenters. The highest BCUT2D eigenvalue weighted by molar-refractivity contribution is 7.99. The second kappa shape index (κ2) is 5.16. The number of aromatic nitrogens is 2. The van der Waals surface area contributed by atoms with Crippen LogP contribution in [0.5, 0.6) is 0 Å². The Kier molecular flexibility index (Phi) is 3.77. The van der Waals surface area contributed by atoms with E-state index in [4.69, 9.17) is 11.6 Å². The van der Waals surface area contributed by atoms with Gasteiger partial charge in [0.25, 0.3) is 0 Å². The van der Waals surface area contributed by atoms with Crippen LogP contribution in [0.1, 0.15) is 5.69 Å². The van der Waals surface area contributed by atoms with Crippen molar-refractivity contribution in [3.63, 3.8) is 0 Å². The fourth-order valence-electron chi connectivity index (χ4n) is 1.18. The molecule has 94 valence electrons. The van der Waals surface area contributed by atoms with Gasteiger partial charge in [0.05, 0.1) is 0 Å². The summed E-state index contributed by atoms with van der Waals surface area (Å²) in [5.41, 5.74) is -0.956. The van der Waals surface area contributed by atoms with Crippen LogP contribution in [-0.2, 0) is 6.18 Å². The molecule has 0 saturated carbocycles. The number of halogens is 4. The highest BCUT2D eigenvalue weighted by Gasteiger charge is 2.32. The van der Waals surface area contributed by atoms with Crippen LogP contribution >= 0.6 is 23.4 Å². The largest absolute Gasteiger partial charge is 0.433 e. The zero-order chi connectivity index (χ0) is 13.2. The fourth-order valence-corrected chi connectivity index (χ4v) is 2.24. The molecule has 1 heterocycles. The molecule has 0 radical (unpaired) electrons. The Morgan fingerprint density at radius 3 is 2.61 bits per heavy atom. The maximum absolute atomic E-state index is 12.5. The van der Waals surface area contributed by atoms with Crippen molar-refractivity contribution in [1.29, 1.82) is 0 Å². The van der Waals surface area contributed by atoms with Crippen molar-refractivity contribution in [2.24, 2.45) is 0 Å². The number of benzene rings is 1. The summed E-state index contributed by atoms with van der Waals surface area (Å²) in [6.45, 7) is 0. The molecular formula is C11H6ClF3N2S. The minimum atomic E-state index is -4.47. The van der Waals surface area contributed by atoms with E-state index in [1.54, 1.807) is 24.3 Å². The van der Waals surface area contributed by atoms with Crippen LogP contribution in [0.4, 0.5) is 13.2 Å². The lowest BCUT2D eigenvalue weighted by molar-refractivity contribution is -0.141. The summed E-state index contributed by atoms with van der Waals surface area (Å²) < 4.78 is 37.4. The van der Waals surface area contributed by atoms with E-state index in [2.05, 4.69) is 9.97 Å². The third kappa shape index (κ3) is 3.36. The van der Waals surface area contributed by atoms with Gasteiger partial charge in [0.1, 0.15) is 5.69 Å². The van der Waals surface area contributed by atoms with Crippen LogP contribution in [0.25, 0.3) is 0 Å². The molecule has 1 aromatic carbocycles. The first kappa shape index (κ1) is 13.2. The molecule has 0 aliphatic heterocycles. The smallest absolute Gasteiger partial charge is 0.231 e. The van der Waals surface area contributed by atoms with Gasteiger partial charge in [-0.05, 0) is 36.0 Å². The Morgan fingerprint density at radius 1 is 1.17 bits per heavy atom. The summed E-state index contributed by atoms with van der Waals surface area (Å²) in [7, 11) is 0. The van der Waals surface area contributed by atoms with Gasteiger partial charge in [-0.3, -0.25) is 0 Å². The molecule has 0 saturated heterocycles. The van der Waals surface area contributed by atoms with E-state index in [1.165, 1.54) is 0 Å². The Bertz CT molecular complexity index is 560. The van der Waals surface area contributed by atoms with Crippen molar-refractivity contribution >= 4 is 23.4 Å². The summed E-state index contributed by atoms with van der Waals surface area (Å²) in [4.78, 5) is 7.92. The maximum atomic E-state index is 12.5. The number of rotatable bonds is 2. The standard InChI is InChI=1S/C11H6ClF3N2S/c12-7-2-1-3-8(6-7)18-10-16-5-4-9(17-10)11(13,14)15/h1-6H. The van der Waals surface area contributed by atoms with Gasteiger partial charge in [-0.25, -0.2) is 9.97 Å². The number of hydrogen-bond donors (Lipinski definition) is 0. The SMILES string of the molecule is FC(F)(F)c1ccnc(Sc2cccc(Cl)c2)n1. The highest BCUT2D eigenvalue weighted by atomic mass is 35.5. The van der Waals surface area contributed by atoms with Crippen LogP contribution < -0.4 is 0 Å². The molecule has 2 rings (SSSR count). The molecular weight excluding hydrogens is 285 g/mol. The maximum Gasteiger partial charge on any atom is 0.433 e. The quantitative estimate of drug-likeness (QED) is 0.771. The Balaban J connectivity index is 2.25. The Hall–Kier alpha value is -1.27. The zero-order valence-electron chi connectivity index (χ0n) is 8.78. The van der Waals surface area contributed by atoms with Gasteiger partial charge in [0.2, 0.25) is 0 Å². The average molecular weight is 291 g/mol. The molecule has 0 aliphatic carbocycles. The molecule has 0 unspecified atom stereocenters. The van der Waals surface area contributed by atoms with Gasteiger partial charge >= 0.3 is 6.18 Å². The summed E-state index contributed by atoms with van der Waals surface area (Å²) >= 11 is 6.81. The average Bonchev–Trinajstić information content (AvgIpc) is 2.28. The highest BCUT2D eigenvalue weighted by Crippen LogP contribution is 2.31. The molecule has 7 heteroatoms. The van der Waals surface area contributed by atoms with E-state index >= 15 is 0 Å². The number of nitrogens with zero attached hydrogens (tertiary/aromatic N) is 2. The first-order valence-electron chi connectivity index (χ1n) is 4.79. The molecule has 0 amide bonds. The third-order valence-corrected chi connectivity index (χ3v) is 3.03. The molecule has 0 fully saturated rings. The lowest BCUT2D eigenvalue weighted by Gasteiger charge is -2.06. The predicted molar refractivity (Wildman–Crippen MR) is 62.6 cm³/mol. The molecule has 0 bridgehead atoms. The lowest BCUT2D eigenvalue weighted by Crippen LogP contribution is -2.08. The van der Waals surface area contributed by atoms with Crippen molar-refractivity contribution in [1.82, 2.24) is 9.97 Å². The molecule has 0 spiro atoms. The second-order valence-electron chi connectivity index (χ2n) is 3.28. The van der Waals surface area contributed by atoms with Crippen molar-refractivity contribution in [2.75, 3.05) is 0 Å². The molecule has 0 N–H and O–H groups in total. The number of alkyl halides is 3. The Labute approximate surface area is 110 Å². The van der Waals surface area contributed by atoms with E-state index in [0.717, 1.165) is 24.0 Å². The Morgan fingerprint density at radius 2 is 1.94 bits per heavy atom. The molecule has 1 aromatic heterocycles. The third-order valence-electron chi connectivity index (χ3n) is 1.93. The van der Waals surface area contributed by atoms with Crippen LogP contribution in [0.3, 0.4) is 0 Å². The van der Waals surface area contributed by atoms with Crippen molar-refractivity contribution in [2.45, 2.75) is 16.2 Å². The molecule has 18 heavy (non-hydrogen) atoms. The van der Waals surface area contributed by atoms with Crippen molar-refractivity contribution in [3.8, 4) is 0 Å². The first-order chi connectivity index (χ1) is 8.45.